The molecule has 4 aromatic rings. The Morgan fingerprint density at radius 1 is 1.26 bits per heavy atom. The van der Waals surface area contributed by atoms with Gasteiger partial charge in [-0.25, -0.2) is 9.97 Å². The lowest BCUT2D eigenvalue weighted by Gasteiger charge is -2.14. The van der Waals surface area contributed by atoms with Crippen LogP contribution in [0.1, 0.15) is 39.6 Å². The molecule has 1 aromatic carbocycles. The van der Waals surface area contributed by atoms with E-state index in [9.17, 15) is 4.79 Å². The lowest BCUT2D eigenvalue weighted by atomic mass is 10.0. The molecule has 0 spiro atoms. The third-order valence-corrected chi connectivity index (χ3v) is 4.87. The average Bonchev–Trinajstić information content (AvgIpc) is 3.41. The number of aryl methyl sites for hydroxylation is 2. The van der Waals surface area contributed by atoms with Crippen molar-refractivity contribution < 1.29 is 9.32 Å². The second kappa shape index (κ2) is 6.01. The highest BCUT2D eigenvalue weighted by atomic mass is 16.5. The first kappa shape index (κ1) is 15.7. The van der Waals surface area contributed by atoms with E-state index >= 15 is 0 Å². The molecule has 0 radical (unpaired) electrons. The largest absolute Gasteiger partial charge is 0.344 e. The van der Waals surface area contributed by atoms with Gasteiger partial charge in [0, 0.05) is 18.0 Å². The summed E-state index contributed by atoms with van der Waals surface area (Å²) in [6, 6.07) is 6.01. The molecule has 0 saturated heterocycles. The Bertz CT molecular complexity index is 1150. The van der Waals surface area contributed by atoms with Gasteiger partial charge in [-0.05, 0) is 42.5 Å². The van der Waals surface area contributed by atoms with Crippen LogP contribution in [0.4, 0.5) is 0 Å². The fraction of sp³-hybridized carbons (Fsp3) is 0.211. The highest BCUT2D eigenvalue weighted by Gasteiger charge is 2.26. The summed E-state index contributed by atoms with van der Waals surface area (Å²) in [4.78, 5) is 25.4. The molecule has 5 rings (SSSR count). The van der Waals surface area contributed by atoms with Crippen molar-refractivity contribution in [2.75, 3.05) is 0 Å². The maximum Gasteiger partial charge on any atom is 0.270 e. The molecular weight excluding hydrogens is 344 g/mol. The number of nitrogens with one attached hydrogen (secondary N) is 1. The number of hydrogen-bond acceptors (Lipinski definition) is 6. The van der Waals surface area contributed by atoms with Gasteiger partial charge in [0.1, 0.15) is 5.69 Å². The van der Waals surface area contributed by atoms with Crippen molar-refractivity contribution in [1.29, 1.82) is 0 Å². The minimum absolute atomic E-state index is 0.0323. The van der Waals surface area contributed by atoms with E-state index in [0.717, 1.165) is 29.5 Å². The molecule has 3 heterocycles. The summed E-state index contributed by atoms with van der Waals surface area (Å²) < 4.78 is 6.54. The average molecular weight is 360 g/mol. The number of carbonyl (C=O) groups excluding carboxylic acids is 1. The third kappa shape index (κ3) is 2.66. The normalized spacial score (nSPS) is 15.8. The Kier molecular flexibility index (Phi) is 3.49. The second-order valence-corrected chi connectivity index (χ2v) is 6.68. The first-order valence-electron chi connectivity index (χ1n) is 8.69. The van der Waals surface area contributed by atoms with Gasteiger partial charge in [-0.3, -0.25) is 9.20 Å². The van der Waals surface area contributed by atoms with Crippen LogP contribution in [0.3, 0.4) is 0 Å². The van der Waals surface area contributed by atoms with E-state index in [1.54, 1.807) is 16.8 Å². The molecule has 0 saturated carbocycles. The first-order chi connectivity index (χ1) is 13.2. The van der Waals surface area contributed by atoms with Gasteiger partial charge < -0.3 is 9.84 Å². The molecule has 0 fully saturated rings. The molecule has 1 aliphatic rings. The van der Waals surface area contributed by atoms with Crippen molar-refractivity contribution >= 4 is 11.7 Å². The van der Waals surface area contributed by atoms with E-state index in [0.29, 0.717) is 17.3 Å². The van der Waals surface area contributed by atoms with Gasteiger partial charge >= 0.3 is 0 Å². The van der Waals surface area contributed by atoms with Crippen molar-refractivity contribution in [3.05, 3.63) is 65.6 Å². The summed E-state index contributed by atoms with van der Waals surface area (Å²) in [5.74, 6) is 0.927. The maximum absolute atomic E-state index is 12.8. The molecule has 134 valence electrons. The Hall–Kier alpha value is -3.55. The Balaban J connectivity index is 1.41. The van der Waals surface area contributed by atoms with Gasteiger partial charge in [0.25, 0.3) is 5.91 Å². The van der Waals surface area contributed by atoms with Crippen LogP contribution in [0.5, 0.6) is 0 Å². The predicted molar refractivity (Wildman–Crippen MR) is 96.0 cm³/mol. The molecule has 1 atom stereocenters. The van der Waals surface area contributed by atoms with Gasteiger partial charge in [0.15, 0.2) is 0 Å². The molecule has 8 heteroatoms. The maximum atomic E-state index is 12.8. The molecule has 0 bridgehead atoms. The van der Waals surface area contributed by atoms with Gasteiger partial charge in [0.2, 0.25) is 18.0 Å². The molecule has 27 heavy (non-hydrogen) atoms. The summed E-state index contributed by atoms with van der Waals surface area (Å²) >= 11 is 0. The molecule has 1 N–H and O–H groups in total. The van der Waals surface area contributed by atoms with Crippen LogP contribution in [0.2, 0.25) is 0 Å². The number of carbonyl (C=O) groups is 1. The number of nitrogens with zero attached hydrogens (tertiary/aromatic N) is 5. The Labute approximate surface area is 154 Å². The minimum Gasteiger partial charge on any atom is -0.344 e. The zero-order chi connectivity index (χ0) is 18.4. The first-order valence-corrected chi connectivity index (χ1v) is 8.69. The number of rotatable bonds is 3. The molecule has 0 unspecified atom stereocenters. The number of aromatic nitrogens is 5. The molecule has 1 aliphatic carbocycles. The third-order valence-electron chi connectivity index (χ3n) is 4.87. The van der Waals surface area contributed by atoms with Crippen LogP contribution in [0.25, 0.3) is 17.2 Å². The van der Waals surface area contributed by atoms with Crippen molar-refractivity contribution in [1.82, 2.24) is 29.8 Å². The zero-order valence-corrected chi connectivity index (χ0v) is 14.6. The van der Waals surface area contributed by atoms with E-state index in [1.165, 1.54) is 12.0 Å². The van der Waals surface area contributed by atoms with Crippen molar-refractivity contribution in [3.8, 4) is 11.4 Å². The van der Waals surface area contributed by atoms with Gasteiger partial charge in [0.05, 0.1) is 12.2 Å². The molecule has 8 nitrogen and oxygen atoms in total. The monoisotopic (exact) mass is 360 g/mol. The van der Waals surface area contributed by atoms with Crippen molar-refractivity contribution in [3.63, 3.8) is 0 Å². The van der Waals surface area contributed by atoms with Crippen LogP contribution in [0.15, 0.2) is 47.7 Å². The standard InChI is InChI=1S/C19H16N6O2/c1-11-7-20-19-21-8-16(25(19)9-11)18(26)23-15-5-3-12-6-13(2-4-14(12)15)17-22-10-27-24-17/h2,4,6-10,15H,3,5H2,1H3,(H,23,26)/t15-/m1/s1. The SMILES string of the molecule is Cc1cnc2ncc(C(=O)N[C@@H]3CCc4cc(-c5ncon5)ccc43)n2c1. The number of imidazole rings is 1. The summed E-state index contributed by atoms with van der Waals surface area (Å²) in [7, 11) is 0. The number of hydrogen-bond donors (Lipinski definition) is 1. The summed E-state index contributed by atoms with van der Waals surface area (Å²) in [6.07, 6.45) is 8.22. The smallest absolute Gasteiger partial charge is 0.270 e. The van der Waals surface area contributed by atoms with Crippen molar-refractivity contribution in [2.24, 2.45) is 0 Å². The van der Waals surface area contributed by atoms with Crippen LogP contribution in [0, 0.1) is 6.92 Å². The van der Waals surface area contributed by atoms with Crippen LogP contribution < -0.4 is 5.32 Å². The Morgan fingerprint density at radius 3 is 3.00 bits per heavy atom. The summed E-state index contributed by atoms with van der Waals surface area (Å²) in [5.41, 5.74) is 4.68. The number of amides is 1. The van der Waals surface area contributed by atoms with Gasteiger partial charge in [-0.2, -0.15) is 4.98 Å². The summed E-state index contributed by atoms with van der Waals surface area (Å²) in [6.45, 7) is 1.93. The molecule has 3 aromatic heterocycles. The fourth-order valence-electron chi connectivity index (χ4n) is 3.57. The molecular formula is C19H16N6O2. The minimum atomic E-state index is -0.157. The summed E-state index contributed by atoms with van der Waals surface area (Å²) in [5, 5.41) is 7.00. The van der Waals surface area contributed by atoms with Crippen molar-refractivity contribution in [2.45, 2.75) is 25.8 Å². The Morgan fingerprint density at radius 2 is 2.15 bits per heavy atom. The zero-order valence-electron chi connectivity index (χ0n) is 14.6. The second-order valence-electron chi connectivity index (χ2n) is 6.68. The topological polar surface area (TPSA) is 98.2 Å². The fourth-order valence-corrected chi connectivity index (χ4v) is 3.57. The van der Waals surface area contributed by atoms with Crippen LogP contribution in [-0.4, -0.2) is 30.4 Å². The number of benzene rings is 1. The van der Waals surface area contributed by atoms with Crippen LogP contribution in [-0.2, 0) is 6.42 Å². The van der Waals surface area contributed by atoms with Gasteiger partial charge in [-0.15, -0.1) is 0 Å². The lowest BCUT2D eigenvalue weighted by Crippen LogP contribution is -2.28. The molecule has 0 aliphatic heterocycles. The van der Waals surface area contributed by atoms with E-state index in [2.05, 4.69) is 31.5 Å². The quantitative estimate of drug-likeness (QED) is 0.603. The van der Waals surface area contributed by atoms with E-state index < -0.39 is 0 Å². The lowest BCUT2D eigenvalue weighted by molar-refractivity contribution is 0.0930. The van der Waals surface area contributed by atoms with Gasteiger partial charge in [-0.1, -0.05) is 17.3 Å². The number of fused-ring (bicyclic) bond motifs is 2. The van der Waals surface area contributed by atoms with E-state index in [1.807, 2.05) is 25.3 Å². The predicted octanol–water partition coefficient (Wildman–Crippen LogP) is 2.51. The van der Waals surface area contributed by atoms with Crippen LogP contribution >= 0.6 is 0 Å². The molecule has 1 amide bonds. The van der Waals surface area contributed by atoms with E-state index in [4.69, 9.17) is 4.52 Å². The highest BCUT2D eigenvalue weighted by molar-refractivity contribution is 5.93. The highest BCUT2D eigenvalue weighted by Crippen LogP contribution is 2.33. The van der Waals surface area contributed by atoms with E-state index in [-0.39, 0.29) is 11.9 Å².